The molecule has 1 atom stereocenters. The van der Waals surface area contributed by atoms with E-state index in [2.05, 4.69) is 15.3 Å². The first kappa shape index (κ1) is 15.9. The maximum Gasteiger partial charge on any atom is 0.211 e. The molecule has 0 radical (unpaired) electrons. The molecule has 0 unspecified atom stereocenters. The van der Waals surface area contributed by atoms with Gasteiger partial charge >= 0.3 is 0 Å². The van der Waals surface area contributed by atoms with Gasteiger partial charge in [-0.3, -0.25) is 0 Å². The van der Waals surface area contributed by atoms with Crippen molar-refractivity contribution < 1.29 is 8.42 Å². The third-order valence-electron chi connectivity index (χ3n) is 3.89. The van der Waals surface area contributed by atoms with Gasteiger partial charge in [0.1, 0.15) is 5.82 Å². The number of hydrogen-bond donors (Lipinski definition) is 1. The monoisotopic (exact) mass is 332 g/mol. The van der Waals surface area contributed by atoms with Crippen molar-refractivity contribution in [2.24, 2.45) is 0 Å². The van der Waals surface area contributed by atoms with Crippen LogP contribution < -0.4 is 5.32 Å². The predicted octanol–water partition coefficient (Wildman–Crippen LogP) is 1.98. The predicted molar refractivity (Wildman–Crippen MR) is 90.5 cm³/mol. The van der Waals surface area contributed by atoms with Crippen LogP contribution in [-0.4, -0.2) is 48.1 Å². The zero-order valence-corrected chi connectivity index (χ0v) is 13.8. The Balaban J connectivity index is 1.73. The first-order valence-corrected chi connectivity index (χ1v) is 9.47. The highest BCUT2D eigenvalue weighted by atomic mass is 32.2. The van der Waals surface area contributed by atoms with E-state index in [0.717, 1.165) is 24.2 Å². The average molecular weight is 332 g/mol. The summed E-state index contributed by atoms with van der Waals surface area (Å²) in [5.74, 6) is 1.38. The van der Waals surface area contributed by atoms with Crippen LogP contribution in [0.4, 0.5) is 5.82 Å². The summed E-state index contributed by atoms with van der Waals surface area (Å²) in [5, 5.41) is 3.34. The Morgan fingerprint density at radius 3 is 2.74 bits per heavy atom. The Hall–Kier alpha value is -1.99. The largest absolute Gasteiger partial charge is 0.366 e. The fraction of sp³-hybridized carbons (Fsp3) is 0.375. The third kappa shape index (κ3) is 4.05. The van der Waals surface area contributed by atoms with Crippen molar-refractivity contribution in [1.82, 2.24) is 14.3 Å². The van der Waals surface area contributed by atoms with Gasteiger partial charge < -0.3 is 5.32 Å². The van der Waals surface area contributed by atoms with Crippen molar-refractivity contribution in [3.8, 4) is 11.4 Å². The molecule has 1 fully saturated rings. The summed E-state index contributed by atoms with van der Waals surface area (Å²) in [4.78, 5) is 8.83. The van der Waals surface area contributed by atoms with Gasteiger partial charge in [-0.1, -0.05) is 30.3 Å². The number of piperidine rings is 1. The minimum atomic E-state index is -3.14. The molecule has 1 N–H and O–H groups in total. The van der Waals surface area contributed by atoms with Crippen molar-refractivity contribution in [2.75, 3.05) is 24.7 Å². The number of aromatic nitrogens is 2. The number of nitrogens with one attached hydrogen (secondary N) is 1. The SMILES string of the molecule is CS(=O)(=O)N1CCC[C@H](Nc2ccnc(-c3ccccc3)n2)C1. The molecule has 2 heterocycles. The number of hydrogen-bond acceptors (Lipinski definition) is 5. The van der Waals surface area contributed by atoms with Crippen molar-refractivity contribution in [3.63, 3.8) is 0 Å². The molecule has 3 rings (SSSR count). The second kappa shape index (κ2) is 6.64. The van der Waals surface area contributed by atoms with Crippen LogP contribution in [0.15, 0.2) is 42.6 Å². The minimum absolute atomic E-state index is 0.0667. The lowest BCUT2D eigenvalue weighted by Gasteiger charge is -2.31. The van der Waals surface area contributed by atoms with Gasteiger partial charge in [0.15, 0.2) is 5.82 Å². The van der Waals surface area contributed by atoms with Gasteiger partial charge in [-0.25, -0.2) is 22.7 Å². The molecule has 0 aliphatic carbocycles. The number of nitrogens with zero attached hydrogens (tertiary/aromatic N) is 3. The van der Waals surface area contributed by atoms with Crippen LogP contribution >= 0.6 is 0 Å². The lowest BCUT2D eigenvalue weighted by molar-refractivity contribution is 0.329. The maximum atomic E-state index is 11.7. The molecule has 1 aliphatic rings. The van der Waals surface area contributed by atoms with Crippen LogP contribution in [0.1, 0.15) is 12.8 Å². The van der Waals surface area contributed by atoms with Crippen LogP contribution in [0, 0.1) is 0 Å². The molecule has 1 aromatic carbocycles. The fourth-order valence-electron chi connectivity index (χ4n) is 2.74. The highest BCUT2D eigenvalue weighted by molar-refractivity contribution is 7.88. The second-order valence-electron chi connectivity index (χ2n) is 5.74. The van der Waals surface area contributed by atoms with E-state index in [1.807, 2.05) is 36.4 Å². The van der Waals surface area contributed by atoms with E-state index in [9.17, 15) is 8.42 Å². The van der Waals surface area contributed by atoms with Crippen molar-refractivity contribution in [2.45, 2.75) is 18.9 Å². The van der Waals surface area contributed by atoms with Crippen LogP contribution in [0.3, 0.4) is 0 Å². The molecule has 6 nitrogen and oxygen atoms in total. The van der Waals surface area contributed by atoms with E-state index < -0.39 is 10.0 Å². The first-order chi connectivity index (χ1) is 11.0. The van der Waals surface area contributed by atoms with E-state index in [4.69, 9.17) is 0 Å². The molecule has 0 amide bonds. The fourth-order valence-corrected chi connectivity index (χ4v) is 3.65. The molecule has 122 valence electrons. The summed E-state index contributed by atoms with van der Waals surface area (Å²) in [6, 6.07) is 11.7. The summed E-state index contributed by atoms with van der Waals surface area (Å²) >= 11 is 0. The van der Waals surface area contributed by atoms with Gasteiger partial charge in [-0.05, 0) is 18.9 Å². The Morgan fingerprint density at radius 2 is 2.00 bits per heavy atom. The van der Waals surface area contributed by atoms with Crippen molar-refractivity contribution >= 4 is 15.8 Å². The number of rotatable bonds is 4. The molecular formula is C16H20N4O2S. The van der Waals surface area contributed by atoms with E-state index in [0.29, 0.717) is 18.9 Å². The van der Waals surface area contributed by atoms with Gasteiger partial charge in [0.05, 0.1) is 6.26 Å². The smallest absolute Gasteiger partial charge is 0.211 e. The molecule has 7 heteroatoms. The van der Waals surface area contributed by atoms with Crippen molar-refractivity contribution in [3.05, 3.63) is 42.6 Å². The molecule has 1 aliphatic heterocycles. The van der Waals surface area contributed by atoms with E-state index in [1.165, 1.54) is 10.6 Å². The Morgan fingerprint density at radius 1 is 1.22 bits per heavy atom. The third-order valence-corrected chi connectivity index (χ3v) is 5.16. The molecule has 0 bridgehead atoms. The molecule has 1 saturated heterocycles. The van der Waals surface area contributed by atoms with Gasteiger partial charge in [-0.2, -0.15) is 0 Å². The van der Waals surface area contributed by atoms with Gasteiger partial charge in [0.2, 0.25) is 10.0 Å². The number of benzene rings is 1. The summed E-state index contributed by atoms with van der Waals surface area (Å²) in [5.41, 5.74) is 0.956. The number of anilines is 1. The molecule has 0 saturated carbocycles. The molecule has 23 heavy (non-hydrogen) atoms. The number of sulfonamides is 1. The standard InChI is InChI=1S/C16H20N4O2S/c1-23(21,22)20-11-5-8-14(12-20)18-15-9-10-17-16(19-15)13-6-3-2-4-7-13/h2-4,6-7,9-10,14H,5,8,11-12H2,1H3,(H,17,18,19)/t14-/m0/s1. The summed E-state index contributed by atoms with van der Waals surface area (Å²) in [7, 11) is -3.14. The molecular weight excluding hydrogens is 312 g/mol. The Bertz CT molecular complexity index is 765. The molecule has 1 aromatic heterocycles. The van der Waals surface area contributed by atoms with Crippen LogP contribution in [0.2, 0.25) is 0 Å². The van der Waals surface area contributed by atoms with Gasteiger partial charge in [0.25, 0.3) is 0 Å². The second-order valence-corrected chi connectivity index (χ2v) is 7.72. The summed E-state index contributed by atoms with van der Waals surface area (Å²) in [6.45, 7) is 1.07. The average Bonchev–Trinajstić information content (AvgIpc) is 2.55. The van der Waals surface area contributed by atoms with Gasteiger partial charge in [0, 0.05) is 30.9 Å². The van der Waals surface area contributed by atoms with E-state index in [-0.39, 0.29) is 6.04 Å². The lowest BCUT2D eigenvalue weighted by atomic mass is 10.1. The lowest BCUT2D eigenvalue weighted by Crippen LogP contribution is -2.44. The van der Waals surface area contributed by atoms with Gasteiger partial charge in [-0.15, -0.1) is 0 Å². The minimum Gasteiger partial charge on any atom is -0.366 e. The molecule has 2 aromatic rings. The van der Waals surface area contributed by atoms with Crippen molar-refractivity contribution in [1.29, 1.82) is 0 Å². The van der Waals surface area contributed by atoms with E-state index in [1.54, 1.807) is 6.20 Å². The summed E-state index contributed by atoms with van der Waals surface area (Å²) in [6.07, 6.45) is 4.75. The maximum absolute atomic E-state index is 11.7. The first-order valence-electron chi connectivity index (χ1n) is 7.62. The quantitative estimate of drug-likeness (QED) is 0.926. The Labute approximate surface area is 136 Å². The zero-order chi connectivity index (χ0) is 16.3. The van der Waals surface area contributed by atoms with Crippen LogP contribution in [-0.2, 0) is 10.0 Å². The zero-order valence-electron chi connectivity index (χ0n) is 13.0. The van der Waals surface area contributed by atoms with E-state index >= 15 is 0 Å². The normalized spacial score (nSPS) is 19.4. The van der Waals surface area contributed by atoms with Crippen LogP contribution in [0.5, 0.6) is 0 Å². The topological polar surface area (TPSA) is 75.2 Å². The summed E-state index contributed by atoms with van der Waals surface area (Å²) < 4.78 is 24.9. The Kier molecular flexibility index (Phi) is 4.58. The highest BCUT2D eigenvalue weighted by Gasteiger charge is 2.25. The molecule has 0 spiro atoms. The highest BCUT2D eigenvalue weighted by Crippen LogP contribution is 2.19. The van der Waals surface area contributed by atoms with Crippen LogP contribution in [0.25, 0.3) is 11.4 Å².